The molecule has 2 amide bonds. The summed E-state index contributed by atoms with van der Waals surface area (Å²) >= 11 is 0. The van der Waals surface area contributed by atoms with Crippen LogP contribution in [-0.4, -0.2) is 35.0 Å². The molecule has 0 unspecified atom stereocenters. The van der Waals surface area contributed by atoms with E-state index in [1.54, 1.807) is 18.2 Å². The monoisotopic (exact) mass is 414 g/mol. The zero-order valence-corrected chi connectivity index (χ0v) is 16.0. The van der Waals surface area contributed by atoms with Crippen LogP contribution in [0.5, 0.6) is 0 Å². The van der Waals surface area contributed by atoms with Gasteiger partial charge < -0.3 is 15.2 Å². The number of carbonyl (C=O) groups excluding carboxylic acids is 2. The van der Waals surface area contributed by atoms with Gasteiger partial charge in [0.15, 0.2) is 0 Å². The summed E-state index contributed by atoms with van der Waals surface area (Å²) < 4.78 is 31.6. The van der Waals surface area contributed by atoms with Crippen LogP contribution in [0.15, 0.2) is 53.1 Å². The third-order valence-corrected chi connectivity index (χ3v) is 4.22. The third-order valence-electron chi connectivity index (χ3n) is 4.22. The van der Waals surface area contributed by atoms with E-state index in [1.165, 1.54) is 30.3 Å². The second kappa shape index (κ2) is 10.2. The van der Waals surface area contributed by atoms with Crippen LogP contribution in [0.4, 0.5) is 8.78 Å². The normalized spacial score (nSPS) is 10.6. The van der Waals surface area contributed by atoms with Crippen molar-refractivity contribution in [1.29, 1.82) is 0 Å². The van der Waals surface area contributed by atoms with Crippen LogP contribution in [0, 0.1) is 11.6 Å². The number of nitrogens with one attached hydrogen (secondary N) is 2. The van der Waals surface area contributed by atoms with Crippen LogP contribution >= 0.6 is 0 Å². The second-order valence-electron chi connectivity index (χ2n) is 6.46. The molecule has 3 rings (SSSR count). The number of aromatic nitrogens is 2. The van der Waals surface area contributed by atoms with E-state index in [4.69, 9.17) is 4.52 Å². The van der Waals surface area contributed by atoms with Crippen LogP contribution in [-0.2, 0) is 11.2 Å². The molecule has 1 heterocycles. The van der Waals surface area contributed by atoms with Gasteiger partial charge in [0.1, 0.15) is 11.6 Å². The van der Waals surface area contributed by atoms with E-state index >= 15 is 0 Å². The fraction of sp³-hybridized carbons (Fsp3) is 0.238. The first-order valence-corrected chi connectivity index (χ1v) is 9.41. The zero-order chi connectivity index (χ0) is 21.3. The zero-order valence-electron chi connectivity index (χ0n) is 16.0. The predicted molar refractivity (Wildman–Crippen MR) is 104 cm³/mol. The molecule has 0 saturated heterocycles. The summed E-state index contributed by atoms with van der Waals surface area (Å²) in [5, 5.41) is 9.07. The molecule has 0 aliphatic rings. The van der Waals surface area contributed by atoms with Gasteiger partial charge in [0.05, 0.1) is 5.56 Å². The summed E-state index contributed by atoms with van der Waals surface area (Å²) in [5.74, 6) is -0.911. The molecule has 7 nitrogen and oxygen atoms in total. The van der Waals surface area contributed by atoms with Crippen LogP contribution < -0.4 is 10.6 Å². The number of hydrogen-bond donors (Lipinski definition) is 2. The highest BCUT2D eigenvalue weighted by molar-refractivity contribution is 5.94. The molecule has 156 valence electrons. The van der Waals surface area contributed by atoms with Crippen LogP contribution in [0.25, 0.3) is 11.4 Å². The highest BCUT2D eigenvalue weighted by Crippen LogP contribution is 2.16. The maximum absolute atomic E-state index is 13.5. The minimum absolute atomic E-state index is 0.0385. The van der Waals surface area contributed by atoms with E-state index in [2.05, 4.69) is 20.8 Å². The van der Waals surface area contributed by atoms with E-state index < -0.39 is 11.7 Å². The molecular formula is C21H20F2N4O3. The predicted octanol–water partition coefficient (Wildman–Crippen LogP) is 2.88. The van der Waals surface area contributed by atoms with E-state index in [1.807, 2.05) is 0 Å². The third kappa shape index (κ3) is 5.94. The summed E-state index contributed by atoms with van der Waals surface area (Å²) in [4.78, 5) is 28.0. The highest BCUT2D eigenvalue weighted by atomic mass is 19.1. The van der Waals surface area contributed by atoms with Gasteiger partial charge >= 0.3 is 0 Å². The van der Waals surface area contributed by atoms with E-state index in [0.29, 0.717) is 30.1 Å². The summed E-state index contributed by atoms with van der Waals surface area (Å²) in [7, 11) is 0. The average Bonchev–Trinajstić information content (AvgIpc) is 3.21. The molecule has 0 saturated carbocycles. The molecule has 30 heavy (non-hydrogen) atoms. The SMILES string of the molecule is O=C(CCCc1nc(-c2ccc(F)cc2)no1)NCCNC(=O)c1ccccc1F. The van der Waals surface area contributed by atoms with Crippen molar-refractivity contribution in [2.75, 3.05) is 13.1 Å². The number of aryl methyl sites for hydroxylation is 1. The second-order valence-corrected chi connectivity index (χ2v) is 6.46. The smallest absolute Gasteiger partial charge is 0.254 e. The lowest BCUT2D eigenvalue weighted by molar-refractivity contribution is -0.121. The van der Waals surface area contributed by atoms with Crippen molar-refractivity contribution in [2.45, 2.75) is 19.3 Å². The average molecular weight is 414 g/mol. The Bertz CT molecular complexity index is 1010. The number of hydrogen-bond acceptors (Lipinski definition) is 5. The number of amides is 2. The van der Waals surface area contributed by atoms with Crippen molar-refractivity contribution < 1.29 is 22.9 Å². The Kier molecular flexibility index (Phi) is 7.20. The molecule has 0 bridgehead atoms. The van der Waals surface area contributed by atoms with Crippen LogP contribution in [0.2, 0.25) is 0 Å². The van der Waals surface area contributed by atoms with Gasteiger partial charge in [-0.1, -0.05) is 17.3 Å². The molecule has 0 aliphatic heterocycles. The topological polar surface area (TPSA) is 97.1 Å². The fourth-order valence-corrected chi connectivity index (χ4v) is 2.68. The Morgan fingerprint density at radius 1 is 0.967 bits per heavy atom. The molecule has 1 aromatic heterocycles. The first-order chi connectivity index (χ1) is 14.5. The summed E-state index contributed by atoms with van der Waals surface area (Å²) in [6.45, 7) is 0.415. The fourth-order valence-electron chi connectivity index (χ4n) is 2.68. The molecular weight excluding hydrogens is 394 g/mol. The first kappa shape index (κ1) is 21.1. The lowest BCUT2D eigenvalue weighted by Crippen LogP contribution is -2.34. The molecule has 0 fully saturated rings. The molecule has 0 spiro atoms. The van der Waals surface area contributed by atoms with Crippen molar-refractivity contribution in [2.24, 2.45) is 0 Å². The summed E-state index contributed by atoms with van der Waals surface area (Å²) in [6.07, 6.45) is 1.17. The number of rotatable bonds is 9. The van der Waals surface area contributed by atoms with Crippen molar-refractivity contribution in [3.05, 3.63) is 71.6 Å². The molecule has 0 aliphatic carbocycles. The van der Waals surface area contributed by atoms with Gasteiger partial charge in [-0.3, -0.25) is 9.59 Å². The maximum atomic E-state index is 13.5. The molecule has 0 atom stereocenters. The van der Waals surface area contributed by atoms with Gasteiger partial charge in [-0.25, -0.2) is 8.78 Å². The van der Waals surface area contributed by atoms with Crippen molar-refractivity contribution in [1.82, 2.24) is 20.8 Å². The van der Waals surface area contributed by atoms with Crippen LogP contribution in [0.1, 0.15) is 29.1 Å². The van der Waals surface area contributed by atoms with Gasteiger partial charge in [0.2, 0.25) is 17.6 Å². The van der Waals surface area contributed by atoms with E-state index in [9.17, 15) is 18.4 Å². The Balaban J connectivity index is 1.33. The van der Waals surface area contributed by atoms with Crippen molar-refractivity contribution in [3.63, 3.8) is 0 Å². The molecule has 2 N–H and O–H groups in total. The molecule has 2 aromatic carbocycles. The Labute approximate surface area is 171 Å². The largest absolute Gasteiger partial charge is 0.354 e. The van der Waals surface area contributed by atoms with Gasteiger partial charge in [-0.05, 0) is 42.8 Å². The minimum Gasteiger partial charge on any atom is -0.354 e. The number of halogens is 2. The minimum atomic E-state index is -0.595. The Morgan fingerprint density at radius 2 is 1.70 bits per heavy atom. The number of benzene rings is 2. The van der Waals surface area contributed by atoms with Crippen molar-refractivity contribution >= 4 is 11.8 Å². The Hall–Kier alpha value is -3.62. The molecule has 9 heteroatoms. The van der Waals surface area contributed by atoms with Gasteiger partial charge in [0, 0.05) is 31.5 Å². The lowest BCUT2D eigenvalue weighted by atomic mass is 10.2. The van der Waals surface area contributed by atoms with Gasteiger partial charge in [0.25, 0.3) is 5.91 Å². The number of carbonyl (C=O) groups is 2. The molecule has 3 aromatic rings. The van der Waals surface area contributed by atoms with E-state index in [-0.39, 0.29) is 36.8 Å². The lowest BCUT2D eigenvalue weighted by Gasteiger charge is -2.07. The summed E-state index contributed by atoms with van der Waals surface area (Å²) in [6, 6.07) is 11.4. The Morgan fingerprint density at radius 3 is 2.47 bits per heavy atom. The summed E-state index contributed by atoms with van der Waals surface area (Å²) in [5.41, 5.74) is 0.602. The quantitative estimate of drug-likeness (QED) is 0.525. The van der Waals surface area contributed by atoms with Gasteiger partial charge in [-0.15, -0.1) is 0 Å². The first-order valence-electron chi connectivity index (χ1n) is 9.41. The van der Waals surface area contributed by atoms with Gasteiger partial charge in [-0.2, -0.15) is 4.98 Å². The maximum Gasteiger partial charge on any atom is 0.254 e. The standard InChI is InChI=1S/C21H20F2N4O3/c22-15-10-8-14(9-11-15)20-26-19(30-27-20)7-3-6-18(28)24-12-13-25-21(29)16-4-1-2-5-17(16)23/h1-2,4-5,8-11H,3,6-7,12-13H2,(H,24,28)(H,25,29). The molecule has 0 radical (unpaired) electrons. The van der Waals surface area contributed by atoms with Crippen LogP contribution in [0.3, 0.4) is 0 Å². The van der Waals surface area contributed by atoms with E-state index in [0.717, 1.165) is 0 Å². The number of nitrogens with zero attached hydrogens (tertiary/aromatic N) is 2. The highest BCUT2D eigenvalue weighted by Gasteiger charge is 2.11. The van der Waals surface area contributed by atoms with Crippen molar-refractivity contribution in [3.8, 4) is 11.4 Å².